The number of anilines is 3. The molecule has 2 heterocycles. The van der Waals surface area contributed by atoms with Crippen molar-refractivity contribution in [2.75, 3.05) is 4.90 Å². The maximum atomic E-state index is 7.05. The monoisotopic (exact) mass is 865 g/mol. The van der Waals surface area contributed by atoms with Crippen molar-refractivity contribution >= 4 is 71.7 Å². The Morgan fingerprint density at radius 3 is 1.62 bits per heavy atom. The van der Waals surface area contributed by atoms with Crippen molar-refractivity contribution in [1.82, 2.24) is 0 Å². The van der Waals surface area contributed by atoms with E-state index < -0.39 is 5.41 Å². The molecule has 0 radical (unpaired) electrons. The molecule has 0 bridgehead atoms. The van der Waals surface area contributed by atoms with E-state index in [0.29, 0.717) is 0 Å². The van der Waals surface area contributed by atoms with Gasteiger partial charge in [-0.1, -0.05) is 176 Å². The van der Waals surface area contributed by atoms with Gasteiger partial charge >= 0.3 is 0 Å². The molecule has 3 nitrogen and oxygen atoms in total. The van der Waals surface area contributed by atoms with Gasteiger partial charge in [-0.05, 0) is 133 Å². The molecular weight excluding hydrogens is 827 g/mol. The van der Waals surface area contributed by atoms with Crippen LogP contribution in [0.15, 0.2) is 245 Å². The molecule has 1 spiro atoms. The zero-order chi connectivity index (χ0) is 44.5. The second kappa shape index (κ2) is 14.0. The van der Waals surface area contributed by atoms with Crippen molar-refractivity contribution in [1.29, 1.82) is 0 Å². The third kappa shape index (κ3) is 5.13. The van der Waals surface area contributed by atoms with Gasteiger partial charge in [0, 0.05) is 44.2 Å². The minimum Gasteiger partial charge on any atom is -0.456 e. The maximum Gasteiger partial charge on any atom is 0.144 e. The van der Waals surface area contributed by atoms with Crippen molar-refractivity contribution in [3.63, 3.8) is 0 Å². The molecule has 0 fully saturated rings. The van der Waals surface area contributed by atoms with E-state index in [9.17, 15) is 0 Å². The lowest BCUT2D eigenvalue weighted by atomic mass is 9.70. The third-order valence-electron chi connectivity index (χ3n) is 14.9. The number of para-hydroxylation sites is 1. The molecule has 3 heteroatoms. The van der Waals surface area contributed by atoms with Crippen LogP contribution >= 0.6 is 0 Å². The highest BCUT2D eigenvalue weighted by Gasteiger charge is 2.51. The Hall–Kier alpha value is -8.92. The molecule has 0 unspecified atom stereocenters. The summed E-state index contributed by atoms with van der Waals surface area (Å²) in [5.74, 6) is 0. The molecule has 316 valence electrons. The van der Waals surface area contributed by atoms with Gasteiger partial charge in [0.25, 0.3) is 0 Å². The fourth-order valence-corrected chi connectivity index (χ4v) is 12.0. The summed E-state index contributed by atoms with van der Waals surface area (Å²) in [4.78, 5) is 2.42. The van der Waals surface area contributed by atoms with Crippen LogP contribution in [0, 0.1) is 0 Å². The van der Waals surface area contributed by atoms with Crippen molar-refractivity contribution in [2.45, 2.75) is 5.41 Å². The van der Waals surface area contributed by atoms with Gasteiger partial charge in [0.1, 0.15) is 22.3 Å². The van der Waals surface area contributed by atoms with Crippen LogP contribution in [-0.4, -0.2) is 0 Å². The van der Waals surface area contributed by atoms with Gasteiger partial charge in [0.15, 0.2) is 0 Å². The topological polar surface area (TPSA) is 29.5 Å². The largest absolute Gasteiger partial charge is 0.456 e. The number of furan rings is 2. The minimum atomic E-state index is -0.472. The standard InChI is InChI=1S/C65H39NO2/c1-2-14-40(15-3-1)42-28-30-45(31-29-42)66(47-32-34-51-50-20-8-12-24-57(50)65(58(51)38-47)55-22-10-6-18-48(55)49-19-7-11-23-56(49)65)46-33-35-60-53(37-46)54-39-61-63(52-21-9-13-25-59(52)67-61)62(64(54)68-60)44-27-26-41-16-4-5-17-43(41)36-44/h1-39H. The summed E-state index contributed by atoms with van der Waals surface area (Å²) < 4.78 is 13.8. The highest BCUT2D eigenvalue weighted by molar-refractivity contribution is 6.24. The van der Waals surface area contributed by atoms with Crippen LogP contribution in [0.4, 0.5) is 17.1 Å². The first-order valence-electron chi connectivity index (χ1n) is 23.4. The first-order valence-corrected chi connectivity index (χ1v) is 23.4. The first-order chi connectivity index (χ1) is 33.7. The van der Waals surface area contributed by atoms with Crippen LogP contribution in [0.3, 0.4) is 0 Å². The van der Waals surface area contributed by atoms with E-state index in [1.165, 1.54) is 66.4 Å². The third-order valence-corrected chi connectivity index (χ3v) is 14.9. The van der Waals surface area contributed by atoms with Crippen LogP contribution in [0.5, 0.6) is 0 Å². The predicted molar refractivity (Wildman–Crippen MR) is 280 cm³/mol. The highest BCUT2D eigenvalue weighted by Crippen LogP contribution is 2.63. The van der Waals surface area contributed by atoms with Gasteiger partial charge in [-0.25, -0.2) is 0 Å². The first kappa shape index (κ1) is 37.3. The van der Waals surface area contributed by atoms with Crippen LogP contribution in [0.25, 0.3) is 99.2 Å². The maximum absolute atomic E-state index is 7.05. The SMILES string of the molecule is c1ccc(-c2ccc(N(c3ccc4c(c3)C3(c5ccccc5-c5ccccc53)c3ccccc3-4)c3ccc4oc5c(-c6ccc7ccccc7c6)c6c(cc5c4c3)oc3ccccc36)cc2)cc1. The summed E-state index contributed by atoms with van der Waals surface area (Å²) in [6, 6.07) is 86.2. The number of rotatable bonds is 5. The van der Waals surface area contributed by atoms with E-state index in [1.807, 2.05) is 6.07 Å². The molecule has 0 aliphatic heterocycles. The zero-order valence-corrected chi connectivity index (χ0v) is 36.8. The lowest BCUT2D eigenvalue weighted by Gasteiger charge is -2.32. The van der Waals surface area contributed by atoms with E-state index in [0.717, 1.165) is 72.1 Å². The molecule has 2 aliphatic rings. The van der Waals surface area contributed by atoms with Crippen LogP contribution in [0.2, 0.25) is 0 Å². The summed E-state index contributed by atoms with van der Waals surface area (Å²) in [7, 11) is 0. The average Bonchev–Trinajstić information content (AvgIpc) is 4.13. The molecule has 0 amide bonds. The predicted octanol–water partition coefficient (Wildman–Crippen LogP) is 17.8. The molecule has 68 heavy (non-hydrogen) atoms. The molecule has 15 rings (SSSR count). The average molecular weight is 866 g/mol. The Kier molecular flexibility index (Phi) is 7.71. The summed E-state index contributed by atoms with van der Waals surface area (Å²) in [6.07, 6.45) is 0. The Labute approximate surface area is 392 Å². The summed E-state index contributed by atoms with van der Waals surface area (Å²) >= 11 is 0. The molecule has 2 aliphatic carbocycles. The van der Waals surface area contributed by atoms with Gasteiger partial charge in [-0.2, -0.15) is 0 Å². The molecule has 0 saturated heterocycles. The lowest BCUT2D eigenvalue weighted by molar-refractivity contribution is 0.664. The minimum absolute atomic E-state index is 0.472. The van der Waals surface area contributed by atoms with Crippen molar-refractivity contribution in [3.8, 4) is 44.5 Å². The molecule has 0 N–H and O–H groups in total. The summed E-state index contributed by atoms with van der Waals surface area (Å²) in [6.45, 7) is 0. The molecule has 13 aromatic rings. The zero-order valence-electron chi connectivity index (χ0n) is 36.8. The Balaban J connectivity index is 0.979. The molecule has 11 aromatic carbocycles. The van der Waals surface area contributed by atoms with Crippen LogP contribution in [0.1, 0.15) is 22.3 Å². The summed E-state index contributed by atoms with van der Waals surface area (Å²) in [5.41, 5.74) is 21.0. The number of fused-ring (bicyclic) bond motifs is 17. The smallest absolute Gasteiger partial charge is 0.144 e. The van der Waals surface area contributed by atoms with Crippen molar-refractivity contribution in [3.05, 3.63) is 259 Å². The van der Waals surface area contributed by atoms with Crippen molar-refractivity contribution in [2.24, 2.45) is 0 Å². The Morgan fingerprint density at radius 2 is 0.868 bits per heavy atom. The number of hydrogen-bond donors (Lipinski definition) is 0. The highest BCUT2D eigenvalue weighted by atomic mass is 16.3. The number of nitrogens with zero attached hydrogens (tertiary/aromatic N) is 1. The fraction of sp³-hybridized carbons (Fsp3) is 0.0154. The van der Waals surface area contributed by atoms with Gasteiger partial charge in [-0.3, -0.25) is 0 Å². The van der Waals surface area contributed by atoms with E-state index in [4.69, 9.17) is 8.83 Å². The van der Waals surface area contributed by atoms with E-state index >= 15 is 0 Å². The molecule has 0 saturated carbocycles. The fourth-order valence-electron chi connectivity index (χ4n) is 12.0. The summed E-state index contributed by atoms with van der Waals surface area (Å²) in [5, 5.41) is 6.55. The second-order valence-corrected chi connectivity index (χ2v) is 18.3. The van der Waals surface area contributed by atoms with Gasteiger partial charge in [0.2, 0.25) is 0 Å². The molecular formula is C65H39NO2. The Morgan fingerprint density at radius 1 is 0.309 bits per heavy atom. The lowest BCUT2D eigenvalue weighted by Crippen LogP contribution is -2.26. The normalized spacial score (nSPS) is 13.1. The van der Waals surface area contributed by atoms with Crippen LogP contribution in [-0.2, 0) is 5.41 Å². The number of hydrogen-bond acceptors (Lipinski definition) is 3. The Bertz CT molecular complexity index is 4150. The van der Waals surface area contributed by atoms with Crippen LogP contribution < -0.4 is 4.90 Å². The molecule has 0 atom stereocenters. The van der Waals surface area contributed by atoms with E-state index in [1.54, 1.807) is 0 Å². The van der Waals surface area contributed by atoms with E-state index in [-0.39, 0.29) is 0 Å². The quantitative estimate of drug-likeness (QED) is 0.173. The van der Waals surface area contributed by atoms with Gasteiger partial charge < -0.3 is 13.7 Å². The second-order valence-electron chi connectivity index (χ2n) is 18.3. The van der Waals surface area contributed by atoms with Gasteiger partial charge in [0.05, 0.1) is 5.41 Å². The van der Waals surface area contributed by atoms with E-state index in [2.05, 4.69) is 235 Å². The van der Waals surface area contributed by atoms with Crippen molar-refractivity contribution < 1.29 is 8.83 Å². The molecule has 2 aromatic heterocycles. The number of benzene rings is 11. The van der Waals surface area contributed by atoms with Gasteiger partial charge in [-0.15, -0.1) is 0 Å².